The second-order valence-electron chi connectivity index (χ2n) is 6.12. The van der Waals surface area contributed by atoms with Crippen LogP contribution in [0.15, 0.2) is 27.1 Å². The Morgan fingerprint density at radius 2 is 2.10 bits per heavy atom. The van der Waals surface area contributed by atoms with Crippen molar-refractivity contribution in [2.75, 3.05) is 19.6 Å². The number of halogens is 1. The number of carbonyl (C=O) groups is 1. The maximum Gasteiger partial charge on any atom is 0.150 e. The molecule has 0 saturated carbocycles. The molecule has 4 heterocycles. The van der Waals surface area contributed by atoms with Crippen LogP contribution in [0.3, 0.4) is 0 Å². The number of hydrogen-bond acceptors (Lipinski definition) is 4. The van der Waals surface area contributed by atoms with Crippen LogP contribution in [-0.4, -0.2) is 35.9 Å². The number of aldehydes is 1. The lowest BCUT2D eigenvalue weighted by Crippen LogP contribution is -2.56. The van der Waals surface area contributed by atoms with E-state index in [4.69, 9.17) is 4.42 Å². The van der Waals surface area contributed by atoms with Crippen molar-refractivity contribution < 1.29 is 14.3 Å². The normalized spacial score (nSPS) is 31.7. The average Bonchev–Trinajstić information content (AvgIpc) is 2.93. The molecule has 3 aliphatic heterocycles. The lowest BCUT2D eigenvalue weighted by Gasteiger charge is -2.49. The third-order valence-corrected chi connectivity index (χ3v) is 5.47. The van der Waals surface area contributed by atoms with Gasteiger partial charge in [-0.05, 0) is 66.0 Å². The molecular formula is C16H16BrNO3. The number of carbonyl (C=O) groups excluding carboxylic acids is 1. The van der Waals surface area contributed by atoms with Gasteiger partial charge in [-0.25, -0.2) is 0 Å². The van der Waals surface area contributed by atoms with E-state index in [0.717, 1.165) is 42.1 Å². The Morgan fingerprint density at radius 1 is 1.33 bits per heavy atom. The number of furan rings is 1. The fourth-order valence-electron chi connectivity index (χ4n) is 3.73. The summed E-state index contributed by atoms with van der Waals surface area (Å²) in [6.45, 7) is 2.76. The molecule has 2 aromatic rings. The van der Waals surface area contributed by atoms with Gasteiger partial charge in [-0.15, -0.1) is 0 Å². The zero-order valence-electron chi connectivity index (χ0n) is 11.5. The second kappa shape index (κ2) is 4.66. The van der Waals surface area contributed by atoms with E-state index in [1.165, 1.54) is 0 Å². The van der Waals surface area contributed by atoms with Crippen molar-refractivity contribution in [3.63, 3.8) is 0 Å². The van der Waals surface area contributed by atoms with Crippen LogP contribution >= 0.6 is 15.9 Å². The Labute approximate surface area is 130 Å². The van der Waals surface area contributed by atoms with Crippen LogP contribution in [0.5, 0.6) is 0 Å². The standard InChI is InChI=1S/C16H16BrNO3/c17-13-6-10(8-19)5-11-7-14(21-15(11)13)16(20)9-18-3-1-12(16)2-4-18/h5-8,12,20H,1-4,9H2. The lowest BCUT2D eigenvalue weighted by atomic mass is 9.74. The Morgan fingerprint density at radius 3 is 2.71 bits per heavy atom. The monoisotopic (exact) mass is 349 g/mol. The van der Waals surface area contributed by atoms with Crippen LogP contribution in [0.25, 0.3) is 11.0 Å². The van der Waals surface area contributed by atoms with E-state index in [1.807, 2.05) is 6.07 Å². The van der Waals surface area contributed by atoms with Gasteiger partial charge in [0.05, 0.1) is 4.47 Å². The topological polar surface area (TPSA) is 53.7 Å². The first kappa shape index (κ1) is 13.5. The molecular weight excluding hydrogens is 334 g/mol. The van der Waals surface area contributed by atoms with E-state index in [9.17, 15) is 9.90 Å². The smallest absolute Gasteiger partial charge is 0.150 e. The summed E-state index contributed by atoms with van der Waals surface area (Å²) < 4.78 is 6.70. The lowest BCUT2D eigenvalue weighted by molar-refractivity contribution is -0.128. The summed E-state index contributed by atoms with van der Waals surface area (Å²) >= 11 is 3.44. The minimum atomic E-state index is -0.906. The molecule has 2 bridgehead atoms. The summed E-state index contributed by atoms with van der Waals surface area (Å²) in [6.07, 6.45) is 2.84. The molecule has 0 aliphatic carbocycles. The van der Waals surface area contributed by atoms with Crippen molar-refractivity contribution in [2.45, 2.75) is 18.4 Å². The molecule has 1 aromatic carbocycles. The van der Waals surface area contributed by atoms with Gasteiger partial charge in [0.1, 0.15) is 23.2 Å². The third-order valence-electron chi connectivity index (χ3n) is 4.88. The van der Waals surface area contributed by atoms with E-state index in [-0.39, 0.29) is 5.92 Å². The van der Waals surface area contributed by atoms with Gasteiger partial charge in [-0.3, -0.25) is 9.69 Å². The molecule has 21 heavy (non-hydrogen) atoms. The van der Waals surface area contributed by atoms with Crippen molar-refractivity contribution in [1.29, 1.82) is 0 Å². The number of fused-ring (bicyclic) bond motifs is 4. The average molecular weight is 350 g/mol. The number of rotatable bonds is 2. The molecule has 1 unspecified atom stereocenters. The Bertz CT molecular complexity index is 718. The molecule has 3 saturated heterocycles. The van der Waals surface area contributed by atoms with Crippen molar-refractivity contribution >= 4 is 33.2 Å². The van der Waals surface area contributed by atoms with Crippen LogP contribution in [-0.2, 0) is 5.60 Å². The molecule has 1 N–H and O–H groups in total. The van der Waals surface area contributed by atoms with Crippen LogP contribution in [0.2, 0.25) is 0 Å². The number of nitrogens with zero attached hydrogens (tertiary/aromatic N) is 1. The maximum atomic E-state index is 11.1. The molecule has 1 atom stereocenters. The minimum absolute atomic E-state index is 0.257. The van der Waals surface area contributed by atoms with Gasteiger partial charge in [0.15, 0.2) is 0 Å². The van der Waals surface area contributed by atoms with Crippen molar-refractivity contribution in [2.24, 2.45) is 5.92 Å². The van der Waals surface area contributed by atoms with Crippen LogP contribution in [0.1, 0.15) is 29.0 Å². The van der Waals surface area contributed by atoms with Gasteiger partial charge in [0.25, 0.3) is 0 Å². The summed E-state index contributed by atoms with van der Waals surface area (Å²) in [5.41, 5.74) is 0.388. The molecule has 5 rings (SSSR count). The van der Waals surface area contributed by atoms with E-state index >= 15 is 0 Å². The summed E-state index contributed by atoms with van der Waals surface area (Å²) in [7, 11) is 0. The Balaban J connectivity index is 1.83. The van der Waals surface area contributed by atoms with Crippen LogP contribution in [0.4, 0.5) is 0 Å². The first-order valence-electron chi connectivity index (χ1n) is 7.23. The largest absolute Gasteiger partial charge is 0.457 e. The van der Waals surface area contributed by atoms with E-state index in [0.29, 0.717) is 23.5 Å². The van der Waals surface area contributed by atoms with Gasteiger partial charge in [0.2, 0.25) is 0 Å². The van der Waals surface area contributed by atoms with Gasteiger partial charge in [-0.1, -0.05) is 0 Å². The predicted octanol–water partition coefficient (Wildman–Crippen LogP) is 2.92. The zero-order chi connectivity index (χ0) is 14.6. The van der Waals surface area contributed by atoms with Crippen LogP contribution < -0.4 is 0 Å². The zero-order valence-corrected chi connectivity index (χ0v) is 13.1. The van der Waals surface area contributed by atoms with Crippen molar-refractivity contribution in [1.82, 2.24) is 4.90 Å². The van der Waals surface area contributed by atoms with E-state index < -0.39 is 5.60 Å². The highest BCUT2D eigenvalue weighted by atomic mass is 79.9. The van der Waals surface area contributed by atoms with Crippen molar-refractivity contribution in [3.05, 3.63) is 34.0 Å². The summed E-state index contributed by atoms with van der Waals surface area (Å²) in [5, 5.41) is 12.0. The quantitative estimate of drug-likeness (QED) is 0.847. The fourth-order valence-corrected chi connectivity index (χ4v) is 4.31. The molecule has 3 fully saturated rings. The predicted molar refractivity (Wildman–Crippen MR) is 82.4 cm³/mol. The Kier molecular flexibility index (Phi) is 3.00. The molecule has 0 amide bonds. The SMILES string of the molecule is O=Cc1cc(Br)c2oc(C3(O)CN4CCC3CC4)cc2c1. The van der Waals surface area contributed by atoms with Crippen LogP contribution in [0, 0.1) is 5.92 Å². The van der Waals surface area contributed by atoms with Gasteiger partial charge < -0.3 is 9.52 Å². The number of piperidine rings is 3. The van der Waals surface area contributed by atoms with Gasteiger partial charge >= 0.3 is 0 Å². The fraction of sp³-hybridized carbons (Fsp3) is 0.438. The van der Waals surface area contributed by atoms with Gasteiger partial charge in [-0.2, -0.15) is 0 Å². The number of aliphatic hydroxyl groups is 1. The first-order chi connectivity index (χ1) is 10.1. The van der Waals surface area contributed by atoms with E-state index in [1.54, 1.807) is 12.1 Å². The molecule has 110 valence electrons. The maximum absolute atomic E-state index is 11.1. The van der Waals surface area contributed by atoms with E-state index in [2.05, 4.69) is 20.8 Å². The number of hydrogen-bond donors (Lipinski definition) is 1. The highest BCUT2D eigenvalue weighted by Gasteiger charge is 2.48. The highest BCUT2D eigenvalue weighted by Crippen LogP contribution is 2.44. The molecule has 0 spiro atoms. The highest BCUT2D eigenvalue weighted by molar-refractivity contribution is 9.10. The second-order valence-corrected chi connectivity index (χ2v) is 6.98. The van der Waals surface area contributed by atoms with Crippen molar-refractivity contribution in [3.8, 4) is 0 Å². The summed E-state index contributed by atoms with van der Waals surface area (Å²) in [5.74, 6) is 0.878. The molecule has 1 aromatic heterocycles. The third kappa shape index (κ3) is 1.99. The first-order valence-corrected chi connectivity index (χ1v) is 8.03. The Hall–Kier alpha value is -1.17. The summed E-state index contributed by atoms with van der Waals surface area (Å²) in [6, 6.07) is 5.42. The molecule has 4 nitrogen and oxygen atoms in total. The van der Waals surface area contributed by atoms with Gasteiger partial charge in [0, 0.05) is 17.5 Å². The molecule has 3 aliphatic rings. The number of benzene rings is 1. The summed E-state index contributed by atoms with van der Waals surface area (Å²) in [4.78, 5) is 13.3. The minimum Gasteiger partial charge on any atom is -0.457 e. The molecule has 0 radical (unpaired) electrons. The molecule has 5 heteroatoms.